The fourth-order valence-electron chi connectivity index (χ4n) is 2.93. The van der Waals surface area contributed by atoms with Gasteiger partial charge in [-0.2, -0.15) is 0 Å². The Bertz CT molecular complexity index is 821. The molecule has 3 N–H and O–H groups in total. The molecule has 1 atom stereocenters. The molecule has 7 nitrogen and oxygen atoms in total. The van der Waals surface area contributed by atoms with Crippen molar-refractivity contribution in [3.05, 3.63) is 46.2 Å². The second kappa shape index (κ2) is 10.3. The van der Waals surface area contributed by atoms with E-state index < -0.39 is 6.03 Å². The topological polar surface area (TPSA) is 81.1 Å². The number of quaternary nitrogens is 1. The summed E-state index contributed by atoms with van der Waals surface area (Å²) in [6.07, 6.45) is 1.98. The molecule has 8 heteroatoms. The third-order valence-electron chi connectivity index (χ3n) is 4.71. The maximum atomic E-state index is 12.2. The van der Waals surface area contributed by atoms with Gasteiger partial charge in [0.2, 0.25) is 0 Å². The molecule has 3 amide bonds. The minimum atomic E-state index is -0.401. The van der Waals surface area contributed by atoms with Gasteiger partial charge in [-0.3, -0.25) is 10.1 Å². The van der Waals surface area contributed by atoms with Gasteiger partial charge >= 0.3 is 6.03 Å². The molecule has 3 rings (SSSR count). The zero-order valence-electron chi connectivity index (χ0n) is 16.8. The smallest absolute Gasteiger partial charge is 0.321 e. The van der Waals surface area contributed by atoms with Gasteiger partial charge in [-0.25, -0.2) is 4.79 Å². The molecule has 0 spiro atoms. The molecule has 1 heterocycles. The molecule has 1 aromatic carbocycles. The van der Waals surface area contributed by atoms with Gasteiger partial charge in [0.1, 0.15) is 13.2 Å². The lowest BCUT2D eigenvalue weighted by atomic mass is 10.2. The number of likely N-dealkylation sites (N-methyl/N-ethyl adjacent to an activating group) is 1. The van der Waals surface area contributed by atoms with Gasteiger partial charge in [0.05, 0.1) is 13.7 Å². The number of amides is 3. The lowest BCUT2D eigenvalue weighted by Crippen LogP contribution is -3.11. The Morgan fingerprint density at radius 1 is 1.24 bits per heavy atom. The van der Waals surface area contributed by atoms with Gasteiger partial charge < -0.3 is 19.7 Å². The predicted octanol–water partition coefficient (Wildman–Crippen LogP) is 1.73. The van der Waals surface area contributed by atoms with Crippen LogP contribution in [0, 0.1) is 0 Å². The molecule has 1 aliphatic carbocycles. The fraction of sp³-hybridized carbons (Fsp3) is 0.429. The molecule has 0 aliphatic heterocycles. The molecular weight excluding hydrogens is 390 g/mol. The Morgan fingerprint density at radius 2 is 2.07 bits per heavy atom. The largest absolute Gasteiger partial charge is 0.493 e. The first kappa shape index (κ1) is 21.1. The number of carbonyl (C=O) groups is 2. The number of hydrogen-bond acceptors (Lipinski definition) is 5. The minimum absolute atomic E-state index is 0.227. The Balaban J connectivity index is 1.53. The van der Waals surface area contributed by atoms with Crippen LogP contribution in [0.4, 0.5) is 4.79 Å². The van der Waals surface area contributed by atoms with Gasteiger partial charge in [-0.05, 0) is 49.4 Å². The molecule has 156 valence electrons. The molecule has 0 bridgehead atoms. The monoisotopic (exact) mass is 418 g/mol. The summed E-state index contributed by atoms with van der Waals surface area (Å²) < 4.78 is 11.4. The standard InChI is InChI=1S/C21H27N3O4S/c1-3-24(13-20(25)23-21(26)22-16-7-8-16)12-15-6-9-18(19(11-15)27-2)28-14-17-5-4-10-29-17/h4-6,9-11,16H,3,7-8,12-14H2,1-2H3,(H2,22,23,25,26)/p+1. The number of urea groups is 1. The number of methoxy groups -OCH3 is 1. The van der Waals surface area contributed by atoms with E-state index in [1.54, 1.807) is 18.4 Å². The summed E-state index contributed by atoms with van der Waals surface area (Å²) in [5.74, 6) is 1.09. The van der Waals surface area contributed by atoms with Crippen LogP contribution in [0.3, 0.4) is 0 Å². The van der Waals surface area contributed by atoms with Crippen molar-refractivity contribution in [1.29, 1.82) is 0 Å². The highest BCUT2D eigenvalue weighted by atomic mass is 32.1. The highest BCUT2D eigenvalue weighted by molar-refractivity contribution is 7.09. The zero-order chi connectivity index (χ0) is 20.6. The van der Waals surface area contributed by atoms with Crippen molar-refractivity contribution in [2.45, 2.75) is 39.0 Å². The van der Waals surface area contributed by atoms with Crippen molar-refractivity contribution in [3.8, 4) is 11.5 Å². The number of ether oxygens (including phenoxy) is 2. The molecule has 0 radical (unpaired) electrons. The SMILES string of the molecule is CC[NH+](CC(=O)NC(=O)NC1CC1)Cc1ccc(OCc2cccs2)c(OC)c1. The first-order valence-electron chi connectivity index (χ1n) is 9.83. The Kier molecular flexibility index (Phi) is 7.48. The van der Waals surface area contributed by atoms with Gasteiger partial charge in [-0.1, -0.05) is 6.07 Å². The average molecular weight is 419 g/mol. The summed E-state index contributed by atoms with van der Waals surface area (Å²) in [5.41, 5.74) is 1.04. The highest BCUT2D eigenvalue weighted by Crippen LogP contribution is 2.29. The van der Waals surface area contributed by atoms with Gasteiger partial charge in [0.25, 0.3) is 5.91 Å². The van der Waals surface area contributed by atoms with Crippen LogP contribution in [0.2, 0.25) is 0 Å². The predicted molar refractivity (Wildman–Crippen MR) is 111 cm³/mol. The Hall–Kier alpha value is -2.58. The quantitative estimate of drug-likeness (QED) is 0.549. The summed E-state index contributed by atoms with van der Waals surface area (Å²) in [4.78, 5) is 26.1. The van der Waals surface area contributed by atoms with E-state index in [-0.39, 0.29) is 18.5 Å². The highest BCUT2D eigenvalue weighted by Gasteiger charge is 2.24. The van der Waals surface area contributed by atoms with Gasteiger partial charge in [-0.15, -0.1) is 11.3 Å². The number of hydrogen-bond donors (Lipinski definition) is 3. The first-order valence-corrected chi connectivity index (χ1v) is 10.7. The van der Waals surface area contributed by atoms with E-state index >= 15 is 0 Å². The minimum Gasteiger partial charge on any atom is -0.493 e. The molecular formula is C21H28N3O4S+. The molecule has 1 aromatic heterocycles. The van der Waals surface area contributed by atoms with Crippen LogP contribution in [-0.4, -0.2) is 38.2 Å². The third kappa shape index (κ3) is 6.76. The molecule has 0 saturated heterocycles. The molecule has 1 fully saturated rings. The summed E-state index contributed by atoms with van der Waals surface area (Å²) in [7, 11) is 1.62. The molecule has 29 heavy (non-hydrogen) atoms. The summed E-state index contributed by atoms with van der Waals surface area (Å²) in [6, 6.07) is 9.68. The van der Waals surface area contributed by atoms with Gasteiger partial charge in [0, 0.05) is 16.5 Å². The second-order valence-corrected chi connectivity index (χ2v) is 8.14. The lowest BCUT2D eigenvalue weighted by Gasteiger charge is -2.18. The van der Waals surface area contributed by atoms with Crippen LogP contribution in [0.1, 0.15) is 30.2 Å². The number of thiophene rings is 1. The molecule has 1 aliphatic rings. The van der Waals surface area contributed by atoms with E-state index in [1.165, 1.54) is 0 Å². The van der Waals surface area contributed by atoms with Crippen LogP contribution in [0.5, 0.6) is 11.5 Å². The number of nitrogens with one attached hydrogen (secondary N) is 3. The second-order valence-electron chi connectivity index (χ2n) is 7.11. The van der Waals surface area contributed by atoms with E-state index in [0.29, 0.717) is 24.7 Å². The Labute approximate surface area is 175 Å². The van der Waals surface area contributed by atoms with Crippen molar-refractivity contribution < 1.29 is 24.0 Å². The van der Waals surface area contributed by atoms with E-state index in [1.807, 2.05) is 42.6 Å². The first-order chi connectivity index (χ1) is 14.1. The van der Waals surface area contributed by atoms with Crippen LogP contribution in [0.25, 0.3) is 0 Å². The number of rotatable bonds is 10. The van der Waals surface area contributed by atoms with Crippen molar-refractivity contribution >= 4 is 23.3 Å². The van der Waals surface area contributed by atoms with Crippen molar-refractivity contribution in [3.63, 3.8) is 0 Å². The Morgan fingerprint density at radius 3 is 2.72 bits per heavy atom. The zero-order valence-corrected chi connectivity index (χ0v) is 17.6. The number of benzene rings is 1. The average Bonchev–Trinajstić information content (AvgIpc) is 3.36. The van der Waals surface area contributed by atoms with Gasteiger partial charge in [0.15, 0.2) is 18.0 Å². The van der Waals surface area contributed by atoms with Crippen LogP contribution in [-0.2, 0) is 17.9 Å². The number of carbonyl (C=O) groups excluding carboxylic acids is 2. The summed E-state index contributed by atoms with van der Waals surface area (Å²) >= 11 is 1.65. The third-order valence-corrected chi connectivity index (χ3v) is 5.56. The summed E-state index contributed by atoms with van der Waals surface area (Å²) in [6.45, 7) is 4.16. The number of imide groups is 1. The normalized spacial score (nSPS) is 14.1. The lowest BCUT2D eigenvalue weighted by molar-refractivity contribution is -0.904. The van der Waals surface area contributed by atoms with E-state index in [0.717, 1.165) is 34.7 Å². The van der Waals surface area contributed by atoms with Crippen molar-refractivity contribution in [2.24, 2.45) is 0 Å². The maximum Gasteiger partial charge on any atom is 0.321 e. The van der Waals surface area contributed by atoms with E-state index in [2.05, 4.69) is 10.6 Å². The van der Waals surface area contributed by atoms with Crippen molar-refractivity contribution in [1.82, 2.24) is 10.6 Å². The fourth-order valence-corrected chi connectivity index (χ4v) is 3.55. The molecule has 1 saturated carbocycles. The van der Waals surface area contributed by atoms with Crippen LogP contribution >= 0.6 is 11.3 Å². The summed E-state index contributed by atoms with van der Waals surface area (Å²) in [5, 5.41) is 7.19. The maximum absolute atomic E-state index is 12.2. The van der Waals surface area contributed by atoms with Crippen molar-refractivity contribution in [2.75, 3.05) is 20.2 Å². The van der Waals surface area contributed by atoms with Crippen LogP contribution < -0.4 is 25.0 Å². The molecule has 1 unspecified atom stereocenters. The van der Waals surface area contributed by atoms with E-state index in [9.17, 15) is 9.59 Å². The van der Waals surface area contributed by atoms with Crippen LogP contribution in [0.15, 0.2) is 35.7 Å². The molecule has 2 aromatic rings. The van der Waals surface area contributed by atoms with E-state index in [4.69, 9.17) is 9.47 Å².